The molecule has 0 spiro atoms. The molecule has 0 fully saturated rings. The standard InChI is InChI=1S/C23H22N4O3/c28-21(15-16-24-22(29)17-7-3-1-4-8-17)25-19-11-13-20(14-12-19)27-23(30)26-18-9-5-2-6-10-18/h1-14H,15-16H2,(H,24,29)(H,25,28)(H2,26,27,30). The second-order valence-electron chi connectivity index (χ2n) is 6.44. The van der Waals surface area contributed by atoms with Gasteiger partial charge >= 0.3 is 6.03 Å². The molecule has 0 aliphatic carbocycles. The van der Waals surface area contributed by atoms with Crippen molar-refractivity contribution in [1.82, 2.24) is 5.32 Å². The molecule has 152 valence electrons. The molecule has 7 nitrogen and oxygen atoms in total. The quantitative estimate of drug-likeness (QED) is 0.479. The molecule has 0 radical (unpaired) electrons. The van der Waals surface area contributed by atoms with Crippen LogP contribution in [0.25, 0.3) is 0 Å². The Morgan fingerprint density at radius 3 is 1.70 bits per heavy atom. The van der Waals surface area contributed by atoms with Gasteiger partial charge in [-0.05, 0) is 48.5 Å². The Labute approximate surface area is 174 Å². The molecule has 7 heteroatoms. The summed E-state index contributed by atoms with van der Waals surface area (Å²) in [6.07, 6.45) is 0.151. The predicted octanol–water partition coefficient (Wildman–Crippen LogP) is 4.09. The Morgan fingerprint density at radius 2 is 1.10 bits per heavy atom. The van der Waals surface area contributed by atoms with Crippen LogP contribution in [0.1, 0.15) is 16.8 Å². The largest absolute Gasteiger partial charge is 0.352 e. The molecule has 0 saturated heterocycles. The third-order valence-electron chi connectivity index (χ3n) is 4.13. The molecule has 0 atom stereocenters. The van der Waals surface area contributed by atoms with Crippen LogP contribution < -0.4 is 21.3 Å². The van der Waals surface area contributed by atoms with Crippen molar-refractivity contribution < 1.29 is 14.4 Å². The fourth-order valence-electron chi connectivity index (χ4n) is 2.66. The van der Waals surface area contributed by atoms with Gasteiger partial charge in [-0.3, -0.25) is 9.59 Å². The number of anilines is 3. The average Bonchev–Trinajstić information content (AvgIpc) is 2.76. The summed E-state index contributed by atoms with van der Waals surface area (Å²) in [5.74, 6) is -0.432. The van der Waals surface area contributed by atoms with Crippen LogP contribution in [0, 0.1) is 0 Å². The van der Waals surface area contributed by atoms with Gasteiger partial charge in [0.25, 0.3) is 5.91 Å². The smallest absolute Gasteiger partial charge is 0.323 e. The lowest BCUT2D eigenvalue weighted by atomic mass is 10.2. The summed E-state index contributed by atoms with van der Waals surface area (Å²) in [4.78, 5) is 36.0. The molecule has 0 aliphatic heterocycles. The number of carbonyl (C=O) groups is 3. The third-order valence-corrected chi connectivity index (χ3v) is 4.13. The number of para-hydroxylation sites is 1. The molecule has 0 aromatic heterocycles. The molecule has 30 heavy (non-hydrogen) atoms. The number of hydrogen-bond donors (Lipinski definition) is 4. The van der Waals surface area contributed by atoms with Gasteiger partial charge in [-0.25, -0.2) is 4.79 Å². The molecule has 0 heterocycles. The minimum Gasteiger partial charge on any atom is -0.352 e. The fraction of sp³-hybridized carbons (Fsp3) is 0.0870. The molecule has 4 amide bonds. The molecule has 3 rings (SSSR count). The van der Waals surface area contributed by atoms with E-state index in [1.807, 2.05) is 24.3 Å². The molecule has 0 aliphatic rings. The molecular formula is C23H22N4O3. The first-order valence-electron chi connectivity index (χ1n) is 9.46. The first kappa shape index (κ1) is 20.6. The van der Waals surface area contributed by atoms with Crippen LogP contribution in [0.15, 0.2) is 84.9 Å². The van der Waals surface area contributed by atoms with E-state index in [4.69, 9.17) is 0 Å². The van der Waals surface area contributed by atoms with Crippen molar-refractivity contribution in [2.45, 2.75) is 6.42 Å². The van der Waals surface area contributed by atoms with E-state index in [2.05, 4.69) is 21.3 Å². The fourth-order valence-corrected chi connectivity index (χ4v) is 2.66. The molecule has 3 aromatic rings. The number of rotatable bonds is 7. The number of carbonyl (C=O) groups excluding carboxylic acids is 3. The zero-order chi connectivity index (χ0) is 21.2. The lowest BCUT2D eigenvalue weighted by Gasteiger charge is -2.09. The zero-order valence-electron chi connectivity index (χ0n) is 16.2. The van der Waals surface area contributed by atoms with Crippen LogP contribution in [-0.2, 0) is 4.79 Å². The van der Waals surface area contributed by atoms with Gasteiger partial charge in [0, 0.05) is 35.6 Å². The van der Waals surface area contributed by atoms with E-state index in [1.165, 1.54) is 0 Å². The molecule has 4 N–H and O–H groups in total. The van der Waals surface area contributed by atoms with Gasteiger partial charge in [0.05, 0.1) is 0 Å². The van der Waals surface area contributed by atoms with Crippen molar-refractivity contribution in [2.75, 3.05) is 22.5 Å². The highest BCUT2D eigenvalue weighted by Gasteiger charge is 2.07. The van der Waals surface area contributed by atoms with E-state index >= 15 is 0 Å². The van der Waals surface area contributed by atoms with Crippen LogP contribution in [0.4, 0.5) is 21.9 Å². The van der Waals surface area contributed by atoms with E-state index in [-0.39, 0.29) is 30.8 Å². The first-order valence-corrected chi connectivity index (χ1v) is 9.46. The van der Waals surface area contributed by atoms with Gasteiger partial charge in [0.2, 0.25) is 5.91 Å². The third kappa shape index (κ3) is 6.49. The topological polar surface area (TPSA) is 99.3 Å². The normalized spacial score (nSPS) is 10.0. The minimum atomic E-state index is -0.354. The second kappa shape index (κ2) is 10.4. The summed E-state index contributed by atoms with van der Waals surface area (Å²) >= 11 is 0. The predicted molar refractivity (Wildman–Crippen MR) is 118 cm³/mol. The number of amides is 4. The van der Waals surface area contributed by atoms with Crippen molar-refractivity contribution >= 4 is 34.9 Å². The summed E-state index contributed by atoms with van der Waals surface area (Å²) in [6, 6.07) is 24.4. The van der Waals surface area contributed by atoms with Crippen molar-refractivity contribution in [1.29, 1.82) is 0 Å². The zero-order valence-corrected chi connectivity index (χ0v) is 16.2. The average molecular weight is 402 g/mol. The van der Waals surface area contributed by atoms with E-state index in [0.717, 1.165) is 0 Å². The number of benzene rings is 3. The van der Waals surface area contributed by atoms with Gasteiger partial charge in [0.1, 0.15) is 0 Å². The summed E-state index contributed by atoms with van der Waals surface area (Å²) in [5, 5.41) is 10.9. The van der Waals surface area contributed by atoms with Crippen molar-refractivity contribution in [2.24, 2.45) is 0 Å². The van der Waals surface area contributed by atoms with Crippen molar-refractivity contribution in [3.05, 3.63) is 90.5 Å². The maximum Gasteiger partial charge on any atom is 0.323 e. The number of hydrogen-bond acceptors (Lipinski definition) is 3. The Morgan fingerprint density at radius 1 is 0.600 bits per heavy atom. The van der Waals surface area contributed by atoms with Gasteiger partial charge in [-0.2, -0.15) is 0 Å². The van der Waals surface area contributed by atoms with E-state index in [1.54, 1.807) is 60.7 Å². The summed E-state index contributed by atoms with van der Waals surface area (Å²) in [6.45, 7) is 0.235. The van der Waals surface area contributed by atoms with E-state index in [0.29, 0.717) is 22.6 Å². The summed E-state index contributed by atoms with van der Waals surface area (Å²) in [7, 11) is 0. The van der Waals surface area contributed by atoms with Crippen LogP contribution in [0.3, 0.4) is 0 Å². The summed E-state index contributed by atoms with van der Waals surface area (Å²) < 4.78 is 0. The van der Waals surface area contributed by atoms with Crippen LogP contribution >= 0.6 is 0 Å². The maximum atomic E-state index is 12.1. The molecule has 0 unspecified atom stereocenters. The Bertz CT molecular complexity index is 990. The molecule has 3 aromatic carbocycles. The Balaban J connectivity index is 1.40. The van der Waals surface area contributed by atoms with Gasteiger partial charge in [-0.15, -0.1) is 0 Å². The monoisotopic (exact) mass is 402 g/mol. The number of urea groups is 1. The maximum absolute atomic E-state index is 12.1. The first-order chi connectivity index (χ1) is 14.6. The van der Waals surface area contributed by atoms with Crippen LogP contribution in [-0.4, -0.2) is 24.4 Å². The number of nitrogens with one attached hydrogen (secondary N) is 4. The Kier molecular flexibility index (Phi) is 7.16. The van der Waals surface area contributed by atoms with Crippen LogP contribution in [0.2, 0.25) is 0 Å². The van der Waals surface area contributed by atoms with Gasteiger partial charge in [0.15, 0.2) is 0 Å². The van der Waals surface area contributed by atoms with Gasteiger partial charge in [-0.1, -0.05) is 36.4 Å². The lowest BCUT2D eigenvalue weighted by Crippen LogP contribution is -2.27. The highest BCUT2D eigenvalue weighted by Crippen LogP contribution is 2.14. The van der Waals surface area contributed by atoms with Crippen molar-refractivity contribution in [3.8, 4) is 0 Å². The van der Waals surface area contributed by atoms with E-state index in [9.17, 15) is 14.4 Å². The second-order valence-corrected chi connectivity index (χ2v) is 6.44. The molecule has 0 bridgehead atoms. The molecular weight excluding hydrogens is 380 g/mol. The highest BCUT2D eigenvalue weighted by molar-refractivity contribution is 6.00. The van der Waals surface area contributed by atoms with E-state index < -0.39 is 0 Å². The Hall–Kier alpha value is -4.13. The molecule has 0 saturated carbocycles. The SMILES string of the molecule is O=C(CCNC(=O)c1ccccc1)Nc1ccc(NC(=O)Nc2ccccc2)cc1. The van der Waals surface area contributed by atoms with Crippen molar-refractivity contribution in [3.63, 3.8) is 0 Å². The van der Waals surface area contributed by atoms with Gasteiger partial charge < -0.3 is 21.3 Å². The minimum absolute atomic E-state index is 0.151. The highest BCUT2D eigenvalue weighted by atomic mass is 16.2. The van der Waals surface area contributed by atoms with Crippen LogP contribution in [0.5, 0.6) is 0 Å². The summed E-state index contributed by atoms with van der Waals surface area (Å²) in [5.41, 5.74) is 2.44. The lowest BCUT2D eigenvalue weighted by molar-refractivity contribution is -0.116.